The zero-order valence-corrected chi connectivity index (χ0v) is 55.3. The Balaban J connectivity index is 6.71. The number of nitrogens with two attached hydrogens (primary N) is 6. The van der Waals surface area contributed by atoms with Crippen LogP contribution in [0.3, 0.4) is 0 Å². The van der Waals surface area contributed by atoms with Crippen molar-refractivity contribution >= 4 is 82.8 Å². The second-order valence-electron chi connectivity index (χ2n) is 24.6. The Morgan fingerprint density at radius 1 is 0.398 bits per heavy atom. The van der Waals surface area contributed by atoms with Crippen LogP contribution >= 0.6 is 0 Å². The van der Waals surface area contributed by atoms with Crippen LogP contribution < -0.4 is 92.9 Å². The zero-order valence-electron chi connectivity index (χ0n) is 55.3. The van der Waals surface area contributed by atoms with E-state index >= 15 is 0 Å². The predicted octanol–water partition coefficient (Wildman–Crippen LogP) is -6.90. The Kier molecular flexibility index (Phi) is 40.9. The molecule has 0 aliphatic carbocycles. The first-order valence-electron chi connectivity index (χ1n) is 31.4. The Labute approximate surface area is 543 Å². The second-order valence-corrected chi connectivity index (χ2v) is 24.6. The van der Waals surface area contributed by atoms with Crippen LogP contribution in [0, 0.1) is 23.7 Å². The predicted molar refractivity (Wildman–Crippen MR) is 341 cm³/mol. The number of carboxylic acid groups (broad SMARTS) is 1. The van der Waals surface area contributed by atoms with Crippen LogP contribution in [-0.4, -0.2) is 215 Å². The number of carbonyl (C=O) groups excluding carboxylic acids is 12. The molecule has 0 bridgehead atoms. The average molecular weight is 1330 g/mol. The highest BCUT2D eigenvalue weighted by Crippen LogP contribution is 2.13. The highest BCUT2D eigenvalue weighted by atomic mass is 16.4. The minimum Gasteiger partial charge on any atom is -0.480 e. The van der Waals surface area contributed by atoms with Gasteiger partial charge in [-0.15, -0.1) is 0 Å². The molecule has 0 spiro atoms. The number of unbranched alkanes of at least 4 members (excludes halogenated alkanes) is 2. The largest absolute Gasteiger partial charge is 0.480 e. The van der Waals surface area contributed by atoms with E-state index in [0.717, 1.165) is 6.92 Å². The number of aliphatic carboxylic acids is 1. The third-order valence-corrected chi connectivity index (χ3v) is 14.2. The lowest BCUT2D eigenvalue weighted by Gasteiger charge is -2.29. The number of aliphatic hydroxyl groups is 3. The number of nitrogens with zero attached hydrogens (tertiary/aromatic N) is 1. The number of carboxylic acids is 1. The Morgan fingerprint density at radius 3 is 1.20 bits per heavy atom. The van der Waals surface area contributed by atoms with Gasteiger partial charge in [-0.3, -0.25) is 62.5 Å². The number of rotatable bonds is 47. The molecular weight excluding hydrogens is 1220 g/mol. The van der Waals surface area contributed by atoms with Gasteiger partial charge in [0.1, 0.15) is 66.5 Å². The van der Waals surface area contributed by atoms with Crippen molar-refractivity contribution < 1.29 is 82.8 Å². The van der Waals surface area contributed by atoms with Gasteiger partial charge in [0.15, 0.2) is 5.96 Å². The monoisotopic (exact) mass is 1330 g/mol. The van der Waals surface area contributed by atoms with Gasteiger partial charge in [0.25, 0.3) is 0 Å². The van der Waals surface area contributed by atoms with E-state index < -0.39 is 181 Å². The first-order chi connectivity index (χ1) is 43.4. The summed E-state index contributed by atoms with van der Waals surface area (Å²) in [6, 6.07) is -17.9. The number of hydrogen-bond donors (Lipinski definition) is 21. The van der Waals surface area contributed by atoms with Gasteiger partial charge < -0.3 is 113 Å². The second kappa shape index (κ2) is 44.6. The molecule has 93 heavy (non-hydrogen) atoms. The van der Waals surface area contributed by atoms with E-state index in [2.05, 4.69) is 63.5 Å². The van der Waals surface area contributed by atoms with Crippen LogP contribution in [0.2, 0.25) is 0 Å². The fourth-order valence-corrected chi connectivity index (χ4v) is 9.09. The first-order valence-corrected chi connectivity index (χ1v) is 31.4. The van der Waals surface area contributed by atoms with Crippen molar-refractivity contribution in [3.05, 3.63) is 0 Å². The summed E-state index contributed by atoms with van der Waals surface area (Å²) >= 11 is 0. The van der Waals surface area contributed by atoms with E-state index in [4.69, 9.17) is 34.4 Å². The van der Waals surface area contributed by atoms with Crippen molar-refractivity contribution in [2.75, 3.05) is 32.8 Å². The summed E-state index contributed by atoms with van der Waals surface area (Å²) in [5.41, 5.74) is 33.9. The number of carbonyl (C=O) groups is 13. The molecule has 0 aromatic heterocycles. The topological polar surface area (TPSA) is 604 Å². The fourth-order valence-electron chi connectivity index (χ4n) is 9.09. The van der Waals surface area contributed by atoms with E-state index in [1.54, 1.807) is 41.5 Å². The third kappa shape index (κ3) is 34.0. The van der Waals surface area contributed by atoms with Gasteiger partial charge in [-0.1, -0.05) is 61.8 Å². The molecule has 0 rings (SSSR count). The third-order valence-electron chi connectivity index (χ3n) is 14.2. The summed E-state index contributed by atoms with van der Waals surface area (Å²) < 4.78 is 0. The van der Waals surface area contributed by atoms with Gasteiger partial charge in [0, 0.05) is 6.54 Å². The first kappa shape index (κ1) is 85.1. The molecule has 0 radical (unpaired) electrons. The molecule has 27 N–H and O–H groups in total. The molecule has 0 aliphatic heterocycles. The number of aliphatic hydroxyl groups excluding tert-OH is 3. The average Bonchev–Trinajstić information content (AvgIpc) is 0.965. The van der Waals surface area contributed by atoms with Crippen molar-refractivity contribution in [2.24, 2.45) is 63.1 Å². The molecule has 0 aliphatic rings. The molecule has 0 aromatic carbocycles. The molecule has 0 aromatic rings. The van der Waals surface area contributed by atoms with Crippen molar-refractivity contribution in [3.63, 3.8) is 0 Å². The van der Waals surface area contributed by atoms with Crippen molar-refractivity contribution in [3.8, 4) is 0 Å². The van der Waals surface area contributed by atoms with Gasteiger partial charge >= 0.3 is 5.97 Å². The van der Waals surface area contributed by atoms with Crippen molar-refractivity contribution in [2.45, 2.75) is 225 Å². The molecule has 0 fully saturated rings. The van der Waals surface area contributed by atoms with E-state index in [1.807, 2.05) is 0 Å². The summed E-state index contributed by atoms with van der Waals surface area (Å²) in [5.74, 6) is -15.0. The molecule has 35 heteroatoms. The minimum atomic E-state index is -1.88. The van der Waals surface area contributed by atoms with Gasteiger partial charge in [0.05, 0.1) is 31.8 Å². The quantitative estimate of drug-likeness (QED) is 0.0153. The van der Waals surface area contributed by atoms with Gasteiger partial charge in [-0.2, -0.15) is 0 Å². The van der Waals surface area contributed by atoms with E-state index in [0.29, 0.717) is 45.2 Å². The van der Waals surface area contributed by atoms with Gasteiger partial charge in [-0.05, 0) is 115 Å². The lowest BCUT2D eigenvalue weighted by molar-refractivity contribution is -0.143. The van der Waals surface area contributed by atoms with Crippen LogP contribution in [0.1, 0.15) is 146 Å². The summed E-state index contributed by atoms with van der Waals surface area (Å²) in [4.78, 5) is 179. The maximum absolute atomic E-state index is 14.3. The smallest absolute Gasteiger partial charge is 0.326 e. The van der Waals surface area contributed by atoms with Crippen LogP contribution in [0.15, 0.2) is 4.99 Å². The highest BCUT2D eigenvalue weighted by Gasteiger charge is 2.38. The number of amides is 12. The number of primary amides is 1. The number of aliphatic imine (C=N–C) groups is 1. The fraction of sp³-hybridized carbons (Fsp3) is 0.759. The van der Waals surface area contributed by atoms with E-state index in [9.17, 15) is 82.8 Å². The van der Waals surface area contributed by atoms with Crippen LogP contribution in [0.5, 0.6) is 0 Å². The number of hydrogen-bond acceptors (Lipinski definition) is 20. The lowest BCUT2D eigenvalue weighted by Crippen LogP contribution is -2.62. The Bertz CT molecular complexity index is 2480. The molecule has 13 atom stereocenters. The molecule has 0 saturated heterocycles. The van der Waals surface area contributed by atoms with Crippen molar-refractivity contribution in [1.82, 2.24) is 58.5 Å². The Morgan fingerprint density at radius 2 is 0.753 bits per heavy atom. The van der Waals surface area contributed by atoms with Crippen LogP contribution in [-0.2, 0) is 62.3 Å². The minimum absolute atomic E-state index is 0.00966. The maximum Gasteiger partial charge on any atom is 0.326 e. The van der Waals surface area contributed by atoms with E-state index in [1.165, 1.54) is 20.8 Å². The molecule has 0 saturated carbocycles. The normalized spacial score (nSPS) is 15.5. The summed E-state index contributed by atoms with van der Waals surface area (Å²) in [6.07, 6.45) is -0.445. The SMILES string of the molecule is CC(C)C[C@H](NC(=O)[C@H](CO)NC(=O)[C@H](C)NC(=O)[C@@H](NC(=O)[C@H](CO)NC(=O)[C@H](CC(C)C)NC(=O)[C@@H](NC(=O)[C@H](CCCN=C(N)N)NC(=O)[C@H](CC(N)=O)NC(=O)[C@H](CC(C)C)NC(=O)[C@H](CCCCN)NC(=O)[C@@H](N)CCCCN)[C@@H](C)O)C(C)C)C(=O)O. The van der Waals surface area contributed by atoms with E-state index in [-0.39, 0.29) is 68.8 Å². The van der Waals surface area contributed by atoms with Crippen LogP contribution in [0.4, 0.5) is 0 Å². The summed E-state index contributed by atoms with van der Waals surface area (Å²) in [5, 5.41) is 67.3. The standard InChI is InChI=1S/C58H108N18O17/c1-28(2)22-37(69-48(83)35(17-12-14-20-60)67-47(82)34(61)16-11-13-19-59)50(85)70-39(25-43(62)80)52(87)68-36(18-15-21-65-58(63)64)49(84)76-45(33(10)79)56(91)71-38(23-29(3)4)51(86)74-42(27-78)54(89)75-44(31(7)8)55(90)66-32(9)46(81)73-41(26-77)53(88)72-40(57(92)93)24-30(5)6/h28-42,44-45,77-79H,11-27,59-61H2,1-10H3,(H2,62,80)(H,66,90)(H,67,82)(H,68,87)(H,69,83)(H,70,85)(H,71,91)(H,72,88)(H,73,81)(H,74,86)(H,75,89)(H,76,84)(H,92,93)(H4,63,64,65)/t32-,33+,34-,35-,36-,37-,38-,39-,40-,41-,42-,44-,45-/m0/s1. The number of guanidine groups is 1. The summed E-state index contributed by atoms with van der Waals surface area (Å²) in [6.45, 7) is 14.3. The molecule has 12 amide bonds. The molecule has 0 heterocycles. The molecule has 532 valence electrons. The highest BCUT2D eigenvalue weighted by molar-refractivity contribution is 6.00. The number of nitrogens with one attached hydrogen (secondary N) is 11. The van der Waals surface area contributed by atoms with Crippen LogP contribution in [0.25, 0.3) is 0 Å². The summed E-state index contributed by atoms with van der Waals surface area (Å²) in [7, 11) is 0. The van der Waals surface area contributed by atoms with Gasteiger partial charge in [0.2, 0.25) is 70.9 Å². The molecular formula is C58H108N18O17. The van der Waals surface area contributed by atoms with Crippen molar-refractivity contribution in [1.29, 1.82) is 0 Å². The Hall–Kier alpha value is -7.86. The van der Waals surface area contributed by atoms with Gasteiger partial charge in [-0.25, -0.2) is 4.79 Å². The zero-order chi connectivity index (χ0) is 71.4. The lowest BCUT2D eigenvalue weighted by atomic mass is 10.0. The molecule has 0 unspecified atom stereocenters. The molecule has 35 nitrogen and oxygen atoms in total. The maximum atomic E-state index is 14.3.